The summed E-state index contributed by atoms with van der Waals surface area (Å²) in [5, 5.41) is 2.68. The molecule has 10 heteroatoms. The number of carbonyl (C=O) groups excluding carboxylic acids is 1. The van der Waals surface area contributed by atoms with Gasteiger partial charge in [0.15, 0.2) is 0 Å². The predicted octanol–water partition coefficient (Wildman–Crippen LogP) is 3.45. The molecule has 0 aromatic carbocycles. The normalized spacial score (nSPS) is 22.6. The molecule has 0 aromatic rings. The molecule has 0 radical (unpaired) electrons. The van der Waals surface area contributed by atoms with Crippen molar-refractivity contribution in [2.75, 3.05) is 0 Å². The van der Waals surface area contributed by atoms with Gasteiger partial charge in [-0.3, -0.25) is 0 Å². The quantitative estimate of drug-likeness (QED) is 0.464. The van der Waals surface area contributed by atoms with Crippen LogP contribution >= 0.6 is 0 Å². The molecule has 1 aliphatic carbocycles. The minimum Gasteiger partial charge on any atom is -0.444 e. The van der Waals surface area contributed by atoms with Crippen LogP contribution in [-0.4, -0.2) is 31.7 Å². The van der Waals surface area contributed by atoms with Crippen LogP contribution in [-0.2, 0) is 19.0 Å². The van der Waals surface area contributed by atoms with E-state index >= 15 is 0 Å². The fourth-order valence-electron chi connectivity index (χ4n) is 2.29. The lowest BCUT2D eigenvalue weighted by Gasteiger charge is -2.30. The molecule has 0 unspecified atom stereocenters. The van der Waals surface area contributed by atoms with Crippen LogP contribution in [0.2, 0.25) is 0 Å². The van der Waals surface area contributed by atoms with Gasteiger partial charge >= 0.3 is 21.7 Å². The second-order valence-corrected chi connectivity index (χ2v) is 8.18. The molecule has 1 N–H and O–H groups in total. The lowest BCUT2D eigenvalue weighted by atomic mass is 9.85. The van der Waals surface area contributed by atoms with E-state index in [1.807, 2.05) is 0 Å². The molecule has 0 aromatic heterocycles. The first-order chi connectivity index (χ1) is 10.7. The van der Waals surface area contributed by atoms with Gasteiger partial charge in [0.05, 0.1) is 0 Å². The van der Waals surface area contributed by atoms with E-state index in [0.29, 0.717) is 25.7 Å². The Hall–Kier alpha value is -1.45. The minimum absolute atomic E-state index is 0.192. The van der Waals surface area contributed by atoms with Gasteiger partial charge in [-0.1, -0.05) is 6.58 Å². The molecule has 24 heavy (non-hydrogen) atoms. The minimum atomic E-state index is -5.69. The van der Waals surface area contributed by atoms with Crippen molar-refractivity contribution in [1.82, 2.24) is 5.32 Å². The Morgan fingerprint density at radius 2 is 1.62 bits per heavy atom. The van der Waals surface area contributed by atoms with Crippen LogP contribution in [0.1, 0.15) is 46.5 Å². The Balaban J connectivity index is 2.48. The van der Waals surface area contributed by atoms with Crippen LogP contribution < -0.4 is 5.32 Å². The number of halogens is 3. The van der Waals surface area contributed by atoms with Gasteiger partial charge < -0.3 is 14.2 Å². The van der Waals surface area contributed by atoms with Gasteiger partial charge in [0, 0.05) is 12.0 Å². The van der Waals surface area contributed by atoms with Crippen LogP contribution in [0, 0.1) is 5.92 Å². The number of alkyl halides is 3. The zero-order valence-corrected chi connectivity index (χ0v) is 14.6. The number of allylic oxidation sites excluding steroid dienone is 1. The molecule has 6 nitrogen and oxygen atoms in total. The monoisotopic (exact) mass is 373 g/mol. The van der Waals surface area contributed by atoms with Gasteiger partial charge in [-0.05, 0) is 46.5 Å². The first-order valence-electron chi connectivity index (χ1n) is 7.40. The standard InChI is InChI=1S/C14H22F3NO5S/c1-9(23-24(20,21)14(15,16)17)10-5-7-11(8-6-10)18-12(19)22-13(2,3)4/h10-11H,1,5-8H2,2-4H3,(H,18,19). The van der Waals surface area contributed by atoms with Crippen molar-refractivity contribution in [1.29, 1.82) is 0 Å². The number of amides is 1. The highest BCUT2D eigenvalue weighted by Crippen LogP contribution is 2.34. The summed E-state index contributed by atoms with van der Waals surface area (Å²) in [6.45, 7) is 8.48. The first kappa shape index (κ1) is 20.6. The summed E-state index contributed by atoms with van der Waals surface area (Å²) in [6.07, 6.45) is 1.05. The van der Waals surface area contributed by atoms with Crippen LogP contribution in [0.5, 0.6) is 0 Å². The fourth-order valence-corrected chi connectivity index (χ4v) is 2.80. The highest BCUT2D eigenvalue weighted by atomic mass is 32.2. The summed E-state index contributed by atoms with van der Waals surface area (Å²) in [5.74, 6) is -0.943. The highest BCUT2D eigenvalue weighted by molar-refractivity contribution is 7.87. The lowest BCUT2D eigenvalue weighted by Crippen LogP contribution is -2.41. The Morgan fingerprint density at radius 1 is 1.12 bits per heavy atom. The molecule has 1 saturated carbocycles. The van der Waals surface area contributed by atoms with E-state index in [4.69, 9.17) is 4.74 Å². The first-order valence-corrected chi connectivity index (χ1v) is 8.81. The van der Waals surface area contributed by atoms with Crippen LogP contribution in [0.3, 0.4) is 0 Å². The maximum atomic E-state index is 12.3. The molecule has 0 aliphatic heterocycles. The number of carbonyl (C=O) groups is 1. The van der Waals surface area contributed by atoms with Gasteiger partial charge in [-0.2, -0.15) is 21.6 Å². The number of alkyl carbamates (subject to hydrolysis) is 1. The third-order valence-electron chi connectivity index (χ3n) is 3.40. The Kier molecular flexibility index (Phi) is 6.18. The predicted molar refractivity (Wildman–Crippen MR) is 80.3 cm³/mol. The van der Waals surface area contributed by atoms with Gasteiger partial charge in [-0.15, -0.1) is 0 Å². The van der Waals surface area contributed by atoms with Crippen LogP contribution in [0.4, 0.5) is 18.0 Å². The number of hydrogen-bond acceptors (Lipinski definition) is 5. The summed E-state index contributed by atoms with van der Waals surface area (Å²) >= 11 is 0. The molecule has 0 saturated heterocycles. The topological polar surface area (TPSA) is 81.7 Å². The van der Waals surface area contributed by atoms with Crippen molar-refractivity contribution in [2.24, 2.45) is 5.92 Å². The number of nitrogens with one attached hydrogen (secondary N) is 1. The lowest BCUT2D eigenvalue weighted by molar-refractivity contribution is -0.0528. The van der Waals surface area contributed by atoms with Crippen molar-refractivity contribution in [3.8, 4) is 0 Å². The Bertz CT molecular complexity index is 572. The summed E-state index contributed by atoms with van der Waals surface area (Å²) < 4.78 is 68.0. The molecule has 1 aliphatic rings. The average Bonchev–Trinajstić information content (AvgIpc) is 2.35. The molecule has 1 amide bonds. The molecular formula is C14H22F3NO5S. The van der Waals surface area contributed by atoms with Gasteiger partial charge in [0.1, 0.15) is 11.4 Å². The fraction of sp³-hybridized carbons (Fsp3) is 0.786. The maximum Gasteiger partial charge on any atom is 0.534 e. The highest BCUT2D eigenvalue weighted by Gasteiger charge is 2.49. The van der Waals surface area contributed by atoms with E-state index in [-0.39, 0.29) is 6.04 Å². The number of hydrogen-bond donors (Lipinski definition) is 1. The molecule has 140 valence electrons. The van der Waals surface area contributed by atoms with Crippen molar-refractivity contribution < 1.29 is 35.3 Å². The van der Waals surface area contributed by atoms with E-state index in [2.05, 4.69) is 16.1 Å². The number of rotatable bonds is 4. The van der Waals surface area contributed by atoms with E-state index in [1.54, 1.807) is 20.8 Å². The third-order valence-corrected chi connectivity index (χ3v) is 4.40. The van der Waals surface area contributed by atoms with Gasteiger partial charge in [0.2, 0.25) is 0 Å². The van der Waals surface area contributed by atoms with Gasteiger partial charge in [0.25, 0.3) is 0 Å². The van der Waals surface area contributed by atoms with E-state index in [9.17, 15) is 26.4 Å². The largest absolute Gasteiger partial charge is 0.534 e. The van der Waals surface area contributed by atoms with Gasteiger partial charge in [-0.25, -0.2) is 4.79 Å². The van der Waals surface area contributed by atoms with E-state index in [0.717, 1.165) is 0 Å². The summed E-state index contributed by atoms with van der Waals surface area (Å²) in [5.41, 5.74) is -6.11. The van der Waals surface area contributed by atoms with Crippen molar-refractivity contribution in [2.45, 2.75) is 63.6 Å². The smallest absolute Gasteiger partial charge is 0.444 e. The molecular weight excluding hydrogens is 351 g/mol. The van der Waals surface area contributed by atoms with Crippen LogP contribution in [0.25, 0.3) is 0 Å². The van der Waals surface area contributed by atoms with Crippen molar-refractivity contribution in [3.63, 3.8) is 0 Å². The zero-order chi connectivity index (χ0) is 18.8. The Labute approximate surface area is 139 Å². The van der Waals surface area contributed by atoms with Crippen molar-refractivity contribution >= 4 is 16.2 Å². The molecule has 0 atom stereocenters. The maximum absolute atomic E-state index is 12.3. The zero-order valence-electron chi connectivity index (χ0n) is 13.8. The number of ether oxygens (including phenoxy) is 1. The second-order valence-electron chi connectivity index (χ2n) is 6.64. The average molecular weight is 373 g/mol. The second kappa shape index (κ2) is 7.20. The molecule has 0 bridgehead atoms. The van der Waals surface area contributed by atoms with E-state index < -0.39 is 39.0 Å². The summed E-state index contributed by atoms with van der Waals surface area (Å²) in [7, 11) is -5.69. The molecule has 1 fully saturated rings. The van der Waals surface area contributed by atoms with E-state index in [1.165, 1.54) is 0 Å². The third kappa shape index (κ3) is 6.21. The Morgan fingerprint density at radius 3 is 2.04 bits per heavy atom. The summed E-state index contributed by atoms with van der Waals surface area (Å²) in [6, 6.07) is -0.192. The molecule has 0 heterocycles. The summed E-state index contributed by atoms with van der Waals surface area (Å²) in [4.78, 5) is 11.7. The molecule has 1 rings (SSSR count). The molecule has 0 spiro atoms. The SMILES string of the molecule is C=C(OS(=O)(=O)C(F)(F)F)C1CCC(NC(=O)OC(C)(C)C)CC1. The van der Waals surface area contributed by atoms with Crippen molar-refractivity contribution in [3.05, 3.63) is 12.3 Å². The van der Waals surface area contributed by atoms with Crippen LogP contribution in [0.15, 0.2) is 12.3 Å².